The molecule has 5 aromatic rings. The first kappa shape index (κ1) is 16.9. The molecule has 1 N–H and O–H groups in total. The van der Waals surface area contributed by atoms with Crippen molar-refractivity contribution in [1.29, 1.82) is 0 Å². The van der Waals surface area contributed by atoms with Crippen molar-refractivity contribution in [2.45, 2.75) is 0 Å². The fraction of sp³-hybridized carbons (Fsp3) is 0. The molecule has 6 nitrogen and oxygen atoms in total. The van der Waals surface area contributed by atoms with Gasteiger partial charge in [-0.05, 0) is 30.3 Å². The van der Waals surface area contributed by atoms with Crippen LogP contribution in [0.25, 0.3) is 37.9 Å². The van der Waals surface area contributed by atoms with Crippen LogP contribution in [-0.4, -0.2) is 24.7 Å². The Morgan fingerprint density at radius 3 is 2.79 bits per heavy atom. The summed E-state index contributed by atoms with van der Waals surface area (Å²) in [5, 5.41) is 4.83. The molecule has 4 aromatic heterocycles. The van der Waals surface area contributed by atoms with Gasteiger partial charge in [0.15, 0.2) is 5.82 Å². The number of H-pyrrole nitrogens is 1. The number of aromatic amines is 1. The van der Waals surface area contributed by atoms with Gasteiger partial charge in [0, 0.05) is 39.6 Å². The predicted molar refractivity (Wildman–Crippen MR) is 111 cm³/mol. The smallest absolute Gasteiger partial charge is 0.269 e. The summed E-state index contributed by atoms with van der Waals surface area (Å²) < 4.78 is 2.22. The molecule has 5 rings (SSSR count). The minimum absolute atomic E-state index is 0.180. The van der Waals surface area contributed by atoms with E-state index in [1.165, 1.54) is 11.3 Å². The first-order valence-corrected chi connectivity index (χ1v) is 9.64. The van der Waals surface area contributed by atoms with E-state index >= 15 is 0 Å². The fourth-order valence-corrected chi connectivity index (χ4v) is 4.29. The summed E-state index contributed by atoms with van der Waals surface area (Å²) in [7, 11) is 0. The summed E-state index contributed by atoms with van der Waals surface area (Å²) in [4.78, 5) is 25.4. The molecule has 0 saturated carbocycles. The molecule has 0 amide bonds. The Morgan fingerprint density at radius 1 is 1.07 bits per heavy atom. The second-order valence-electron chi connectivity index (χ2n) is 6.07. The Labute approximate surface area is 168 Å². The van der Waals surface area contributed by atoms with Crippen LogP contribution in [0.2, 0.25) is 5.02 Å². The maximum atomic E-state index is 12.7. The van der Waals surface area contributed by atoms with Crippen molar-refractivity contribution in [2.75, 3.05) is 0 Å². The van der Waals surface area contributed by atoms with E-state index in [1.807, 2.05) is 42.5 Å². The number of rotatable bonds is 3. The van der Waals surface area contributed by atoms with Crippen LogP contribution < -0.4 is 5.56 Å². The molecule has 0 atom stereocenters. The maximum Gasteiger partial charge on any atom is 0.269 e. The van der Waals surface area contributed by atoms with E-state index < -0.39 is 0 Å². The van der Waals surface area contributed by atoms with Gasteiger partial charge in [-0.1, -0.05) is 29.8 Å². The monoisotopic (exact) mass is 405 g/mol. The van der Waals surface area contributed by atoms with E-state index in [9.17, 15) is 4.79 Å². The standard InChI is InChI=1S/C20H12ClN5OS/c21-14-5-2-1-4-13(14)16-11-15-18(28-16)20(27)25-19(24-15)12-6-8-22-17(10-12)26-9-3-7-23-26/h1-11H,(H,24,25,27). The average Bonchev–Trinajstić information content (AvgIpc) is 3.39. The van der Waals surface area contributed by atoms with Crippen molar-refractivity contribution < 1.29 is 0 Å². The predicted octanol–water partition coefficient (Wildman–Crippen LogP) is 4.55. The Balaban J connectivity index is 1.63. The second kappa shape index (κ2) is 6.70. The fourth-order valence-electron chi connectivity index (χ4n) is 2.97. The van der Waals surface area contributed by atoms with Gasteiger partial charge in [-0.2, -0.15) is 5.10 Å². The van der Waals surface area contributed by atoms with Crippen molar-refractivity contribution in [1.82, 2.24) is 24.7 Å². The number of halogens is 1. The molecule has 0 unspecified atom stereocenters. The highest BCUT2D eigenvalue weighted by Gasteiger charge is 2.13. The second-order valence-corrected chi connectivity index (χ2v) is 7.53. The first-order valence-electron chi connectivity index (χ1n) is 8.44. The Hall–Kier alpha value is -3.29. The minimum Gasteiger partial charge on any atom is -0.305 e. The van der Waals surface area contributed by atoms with Crippen molar-refractivity contribution in [3.05, 3.63) is 82.5 Å². The number of benzene rings is 1. The summed E-state index contributed by atoms with van der Waals surface area (Å²) in [6.07, 6.45) is 5.15. The van der Waals surface area contributed by atoms with E-state index in [2.05, 4.69) is 20.1 Å². The summed E-state index contributed by atoms with van der Waals surface area (Å²) in [5.41, 5.74) is 2.10. The zero-order valence-electron chi connectivity index (χ0n) is 14.3. The van der Waals surface area contributed by atoms with Crippen LogP contribution in [0.3, 0.4) is 0 Å². The van der Waals surface area contributed by atoms with Gasteiger partial charge >= 0.3 is 0 Å². The number of hydrogen-bond donors (Lipinski definition) is 1. The van der Waals surface area contributed by atoms with Crippen LogP contribution >= 0.6 is 22.9 Å². The van der Waals surface area contributed by atoms with E-state index in [-0.39, 0.29) is 5.56 Å². The van der Waals surface area contributed by atoms with E-state index in [0.29, 0.717) is 26.9 Å². The molecular formula is C20H12ClN5OS. The molecule has 4 heterocycles. The largest absolute Gasteiger partial charge is 0.305 e. The van der Waals surface area contributed by atoms with Gasteiger partial charge in [-0.3, -0.25) is 4.79 Å². The zero-order valence-corrected chi connectivity index (χ0v) is 15.9. The molecule has 28 heavy (non-hydrogen) atoms. The first-order chi connectivity index (χ1) is 13.7. The van der Waals surface area contributed by atoms with Gasteiger partial charge in [0.1, 0.15) is 10.5 Å². The lowest BCUT2D eigenvalue weighted by molar-refractivity contribution is 0.847. The number of pyridine rings is 1. The summed E-state index contributed by atoms with van der Waals surface area (Å²) in [6, 6.07) is 14.9. The molecule has 0 saturated heterocycles. The lowest BCUT2D eigenvalue weighted by Gasteiger charge is -2.04. The Bertz CT molecular complexity index is 1360. The summed E-state index contributed by atoms with van der Waals surface area (Å²) in [5.74, 6) is 1.13. The molecule has 0 aliphatic heterocycles. The van der Waals surface area contributed by atoms with E-state index in [1.54, 1.807) is 29.3 Å². The van der Waals surface area contributed by atoms with Gasteiger partial charge < -0.3 is 4.98 Å². The van der Waals surface area contributed by atoms with Crippen LogP contribution in [0.5, 0.6) is 0 Å². The van der Waals surface area contributed by atoms with Crippen LogP contribution in [-0.2, 0) is 0 Å². The zero-order chi connectivity index (χ0) is 19.1. The molecule has 1 aromatic carbocycles. The number of fused-ring (bicyclic) bond motifs is 1. The van der Waals surface area contributed by atoms with E-state index in [0.717, 1.165) is 16.0 Å². The topological polar surface area (TPSA) is 76.5 Å². The van der Waals surface area contributed by atoms with Gasteiger partial charge in [-0.15, -0.1) is 11.3 Å². The van der Waals surface area contributed by atoms with E-state index in [4.69, 9.17) is 11.6 Å². The van der Waals surface area contributed by atoms with Gasteiger partial charge in [-0.25, -0.2) is 14.6 Å². The Morgan fingerprint density at radius 2 is 1.96 bits per heavy atom. The molecule has 136 valence electrons. The molecule has 0 fully saturated rings. The molecular weight excluding hydrogens is 394 g/mol. The third-order valence-electron chi connectivity index (χ3n) is 4.28. The number of nitrogens with zero attached hydrogens (tertiary/aromatic N) is 4. The highest BCUT2D eigenvalue weighted by molar-refractivity contribution is 7.22. The third kappa shape index (κ3) is 2.90. The lowest BCUT2D eigenvalue weighted by Crippen LogP contribution is -2.08. The highest BCUT2D eigenvalue weighted by Crippen LogP contribution is 2.35. The van der Waals surface area contributed by atoms with Gasteiger partial charge in [0.25, 0.3) is 5.56 Å². The summed E-state index contributed by atoms with van der Waals surface area (Å²) >= 11 is 7.68. The lowest BCUT2D eigenvalue weighted by atomic mass is 10.2. The minimum atomic E-state index is -0.180. The Kier molecular flexibility index (Phi) is 4.03. The van der Waals surface area contributed by atoms with Crippen LogP contribution in [0, 0.1) is 0 Å². The van der Waals surface area contributed by atoms with Crippen molar-refractivity contribution in [2.24, 2.45) is 0 Å². The molecule has 0 bridgehead atoms. The number of nitrogens with one attached hydrogen (secondary N) is 1. The van der Waals surface area contributed by atoms with Crippen LogP contribution in [0.4, 0.5) is 0 Å². The molecule has 8 heteroatoms. The summed E-state index contributed by atoms with van der Waals surface area (Å²) in [6.45, 7) is 0. The van der Waals surface area contributed by atoms with Crippen molar-refractivity contribution in [3.63, 3.8) is 0 Å². The number of aromatic nitrogens is 5. The number of thiophene rings is 1. The van der Waals surface area contributed by atoms with Crippen molar-refractivity contribution >= 4 is 33.2 Å². The quantitative estimate of drug-likeness (QED) is 0.477. The molecule has 0 spiro atoms. The average molecular weight is 406 g/mol. The van der Waals surface area contributed by atoms with Crippen molar-refractivity contribution in [3.8, 4) is 27.6 Å². The van der Waals surface area contributed by atoms with Crippen LogP contribution in [0.15, 0.2) is 71.9 Å². The number of hydrogen-bond acceptors (Lipinski definition) is 5. The highest BCUT2D eigenvalue weighted by atomic mass is 35.5. The van der Waals surface area contributed by atoms with Crippen LogP contribution in [0.1, 0.15) is 0 Å². The third-order valence-corrected chi connectivity index (χ3v) is 5.77. The maximum absolute atomic E-state index is 12.7. The molecule has 0 aliphatic carbocycles. The van der Waals surface area contributed by atoms with Gasteiger partial charge in [0.2, 0.25) is 0 Å². The molecule has 0 aliphatic rings. The normalized spacial score (nSPS) is 11.2. The molecule has 0 radical (unpaired) electrons. The van der Waals surface area contributed by atoms with Gasteiger partial charge in [0.05, 0.1) is 5.52 Å². The SMILES string of the molecule is O=c1[nH]c(-c2ccnc(-n3cccn3)c2)nc2cc(-c3ccccc3Cl)sc12.